The van der Waals surface area contributed by atoms with Crippen LogP contribution in [0.4, 0.5) is 4.39 Å². The molecule has 0 aliphatic carbocycles. The molecule has 20 heavy (non-hydrogen) atoms. The Morgan fingerprint density at radius 1 is 1.55 bits per heavy atom. The minimum Gasteiger partial charge on any atom is -0.467 e. The second-order valence-electron chi connectivity index (χ2n) is 5.11. The summed E-state index contributed by atoms with van der Waals surface area (Å²) in [5.41, 5.74) is -0.934. The van der Waals surface area contributed by atoms with E-state index >= 15 is 0 Å². The molecule has 4 nitrogen and oxygen atoms in total. The minimum atomic E-state index is -1.22. The highest BCUT2D eigenvalue weighted by atomic mass is 19.1. The van der Waals surface area contributed by atoms with Crippen LogP contribution in [0.25, 0.3) is 0 Å². The van der Waals surface area contributed by atoms with Crippen molar-refractivity contribution in [1.29, 1.82) is 0 Å². The first kappa shape index (κ1) is 14.9. The van der Waals surface area contributed by atoms with Gasteiger partial charge < -0.3 is 9.47 Å². The van der Waals surface area contributed by atoms with Gasteiger partial charge in [-0.2, -0.15) is 0 Å². The molecule has 0 amide bonds. The van der Waals surface area contributed by atoms with Crippen molar-refractivity contribution < 1.29 is 18.7 Å². The Kier molecular flexibility index (Phi) is 4.73. The highest BCUT2D eigenvalue weighted by Crippen LogP contribution is 2.25. The highest BCUT2D eigenvalue weighted by molar-refractivity contribution is 5.82. The lowest BCUT2D eigenvalue weighted by Crippen LogP contribution is -2.50. The topological polar surface area (TPSA) is 47.6 Å². The summed E-state index contributed by atoms with van der Waals surface area (Å²) < 4.78 is 24.4. The van der Waals surface area contributed by atoms with Gasteiger partial charge in [-0.25, -0.2) is 9.18 Å². The van der Waals surface area contributed by atoms with Crippen molar-refractivity contribution in [3.8, 4) is 0 Å². The number of nitrogens with one attached hydrogen (secondary N) is 1. The van der Waals surface area contributed by atoms with Gasteiger partial charge in [-0.3, -0.25) is 5.32 Å². The van der Waals surface area contributed by atoms with Crippen molar-refractivity contribution in [3.05, 3.63) is 35.6 Å². The fourth-order valence-corrected chi connectivity index (χ4v) is 2.47. The Bertz CT molecular complexity index is 474. The number of hydrogen-bond acceptors (Lipinski definition) is 4. The maximum atomic E-state index is 14.0. The molecule has 1 aromatic carbocycles. The quantitative estimate of drug-likeness (QED) is 0.838. The van der Waals surface area contributed by atoms with Crippen LogP contribution in [-0.2, 0) is 19.8 Å². The Labute approximate surface area is 118 Å². The van der Waals surface area contributed by atoms with Crippen molar-refractivity contribution in [2.24, 2.45) is 0 Å². The lowest BCUT2D eigenvalue weighted by molar-refractivity contribution is -0.148. The van der Waals surface area contributed by atoms with E-state index in [2.05, 4.69) is 5.32 Å². The molecule has 1 saturated heterocycles. The molecule has 1 N–H and O–H groups in total. The number of carbonyl (C=O) groups excluding carboxylic acids is 1. The maximum absolute atomic E-state index is 14.0. The molecule has 5 heteroatoms. The number of methoxy groups -OCH3 is 1. The van der Waals surface area contributed by atoms with E-state index < -0.39 is 17.3 Å². The smallest absolute Gasteiger partial charge is 0.330 e. The van der Waals surface area contributed by atoms with E-state index in [1.165, 1.54) is 13.2 Å². The molecular weight excluding hydrogens is 261 g/mol. The summed E-state index contributed by atoms with van der Waals surface area (Å²) in [4.78, 5) is 12.1. The van der Waals surface area contributed by atoms with Crippen molar-refractivity contribution in [2.45, 2.75) is 31.4 Å². The molecule has 110 valence electrons. The number of benzene rings is 1. The van der Waals surface area contributed by atoms with E-state index in [4.69, 9.17) is 9.47 Å². The molecule has 0 saturated carbocycles. The van der Waals surface area contributed by atoms with Crippen LogP contribution in [0.5, 0.6) is 0 Å². The molecule has 1 aliphatic heterocycles. The zero-order valence-electron chi connectivity index (χ0n) is 11.8. The van der Waals surface area contributed by atoms with Crippen LogP contribution in [0.15, 0.2) is 24.3 Å². The maximum Gasteiger partial charge on any atom is 0.330 e. The second-order valence-corrected chi connectivity index (χ2v) is 5.11. The number of hydrogen-bond donors (Lipinski definition) is 1. The molecule has 1 aromatic rings. The molecule has 0 bridgehead atoms. The third-order valence-electron chi connectivity index (χ3n) is 3.71. The van der Waals surface area contributed by atoms with Gasteiger partial charge in [-0.05, 0) is 25.8 Å². The Morgan fingerprint density at radius 2 is 2.30 bits per heavy atom. The first-order valence-corrected chi connectivity index (χ1v) is 6.78. The van der Waals surface area contributed by atoms with Crippen molar-refractivity contribution >= 4 is 5.97 Å². The van der Waals surface area contributed by atoms with E-state index in [0.717, 1.165) is 19.4 Å². The average molecular weight is 281 g/mol. The average Bonchev–Trinajstić information content (AvgIpc) is 2.97. The zero-order chi connectivity index (χ0) is 14.6. The third kappa shape index (κ3) is 2.99. The van der Waals surface area contributed by atoms with Crippen molar-refractivity contribution in [1.82, 2.24) is 5.32 Å². The summed E-state index contributed by atoms with van der Waals surface area (Å²) >= 11 is 0. The number of rotatable bonds is 5. The second kappa shape index (κ2) is 6.33. The van der Waals surface area contributed by atoms with Gasteiger partial charge in [0.15, 0.2) is 0 Å². The summed E-state index contributed by atoms with van der Waals surface area (Å²) in [6.45, 7) is 2.85. The highest BCUT2D eigenvalue weighted by Gasteiger charge is 2.38. The predicted molar refractivity (Wildman–Crippen MR) is 72.7 cm³/mol. The molecule has 2 rings (SSSR count). The van der Waals surface area contributed by atoms with E-state index in [1.807, 2.05) is 0 Å². The SMILES string of the molecule is COC(=O)C(C)(NCC1CCCO1)c1ccccc1F. The van der Waals surface area contributed by atoms with E-state index in [9.17, 15) is 9.18 Å². The Morgan fingerprint density at radius 3 is 2.90 bits per heavy atom. The first-order chi connectivity index (χ1) is 9.58. The van der Waals surface area contributed by atoms with Gasteiger partial charge in [0, 0.05) is 18.7 Å². The van der Waals surface area contributed by atoms with E-state index in [1.54, 1.807) is 25.1 Å². The molecule has 1 heterocycles. The summed E-state index contributed by atoms with van der Waals surface area (Å²) in [5.74, 6) is -0.944. The number of esters is 1. The number of ether oxygens (including phenoxy) is 2. The normalized spacial score (nSPS) is 21.4. The largest absolute Gasteiger partial charge is 0.467 e. The van der Waals surface area contributed by atoms with E-state index in [-0.39, 0.29) is 11.7 Å². The third-order valence-corrected chi connectivity index (χ3v) is 3.71. The molecule has 0 spiro atoms. The lowest BCUT2D eigenvalue weighted by atomic mass is 9.91. The molecule has 2 atom stereocenters. The minimum absolute atomic E-state index is 0.0609. The lowest BCUT2D eigenvalue weighted by Gasteiger charge is -2.30. The Hall–Kier alpha value is -1.46. The zero-order valence-corrected chi connectivity index (χ0v) is 11.8. The summed E-state index contributed by atoms with van der Waals surface area (Å²) in [6, 6.07) is 6.23. The van der Waals surface area contributed by atoms with Gasteiger partial charge in [-0.1, -0.05) is 18.2 Å². The monoisotopic (exact) mass is 281 g/mol. The van der Waals surface area contributed by atoms with Crippen molar-refractivity contribution in [3.63, 3.8) is 0 Å². The van der Waals surface area contributed by atoms with Gasteiger partial charge in [0.05, 0.1) is 13.2 Å². The van der Waals surface area contributed by atoms with Gasteiger partial charge in [0.25, 0.3) is 0 Å². The van der Waals surface area contributed by atoms with Crippen LogP contribution in [0.1, 0.15) is 25.3 Å². The summed E-state index contributed by atoms with van der Waals surface area (Å²) in [6.07, 6.45) is 2.02. The summed E-state index contributed by atoms with van der Waals surface area (Å²) in [5, 5.41) is 3.11. The van der Waals surface area contributed by atoms with E-state index in [0.29, 0.717) is 6.54 Å². The molecule has 1 aliphatic rings. The van der Waals surface area contributed by atoms with Gasteiger partial charge >= 0.3 is 5.97 Å². The van der Waals surface area contributed by atoms with Crippen LogP contribution in [0.2, 0.25) is 0 Å². The fraction of sp³-hybridized carbons (Fsp3) is 0.533. The molecule has 1 fully saturated rings. The molecule has 2 unspecified atom stereocenters. The van der Waals surface area contributed by atoms with Gasteiger partial charge in [0.2, 0.25) is 0 Å². The van der Waals surface area contributed by atoms with Crippen LogP contribution >= 0.6 is 0 Å². The standard InChI is InChI=1S/C15H20FNO3/c1-15(14(18)19-2,12-7-3-4-8-13(12)16)17-10-11-6-5-9-20-11/h3-4,7-8,11,17H,5-6,9-10H2,1-2H3. The fourth-order valence-electron chi connectivity index (χ4n) is 2.47. The van der Waals surface area contributed by atoms with Crippen LogP contribution in [0.3, 0.4) is 0 Å². The van der Waals surface area contributed by atoms with Gasteiger partial charge in [0.1, 0.15) is 11.4 Å². The predicted octanol–water partition coefficient (Wildman–Crippen LogP) is 1.98. The number of halogens is 1. The molecule has 0 radical (unpaired) electrons. The first-order valence-electron chi connectivity index (χ1n) is 6.78. The summed E-state index contributed by atoms with van der Waals surface area (Å²) in [7, 11) is 1.30. The van der Waals surface area contributed by atoms with Crippen LogP contribution < -0.4 is 5.32 Å². The number of carbonyl (C=O) groups is 1. The van der Waals surface area contributed by atoms with Crippen LogP contribution in [-0.4, -0.2) is 32.3 Å². The van der Waals surface area contributed by atoms with Gasteiger partial charge in [-0.15, -0.1) is 0 Å². The Balaban J connectivity index is 2.21. The van der Waals surface area contributed by atoms with Crippen LogP contribution in [0, 0.1) is 5.82 Å². The molecule has 0 aromatic heterocycles. The van der Waals surface area contributed by atoms with Crippen molar-refractivity contribution in [2.75, 3.05) is 20.3 Å². The molecular formula is C15H20FNO3.